The van der Waals surface area contributed by atoms with Crippen molar-refractivity contribution in [3.8, 4) is 0 Å². The van der Waals surface area contributed by atoms with Crippen molar-refractivity contribution in [3.63, 3.8) is 0 Å². The van der Waals surface area contributed by atoms with Crippen molar-refractivity contribution in [2.24, 2.45) is 0 Å². The molecule has 0 radical (unpaired) electrons. The third-order valence-corrected chi connectivity index (χ3v) is 1.35. The highest BCUT2D eigenvalue weighted by Gasteiger charge is 1.89. The molecule has 0 aromatic carbocycles. The van der Waals surface area contributed by atoms with Gasteiger partial charge in [0.15, 0.2) is 0 Å². The predicted molar refractivity (Wildman–Crippen MR) is 43.8 cm³/mol. The Hall–Kier alpha value is -0.590. The summed E-state index contributed by atoms with van der Waals surface area (Å²) >= 11 is 0. The molecule has 0 heterocycles. The summed E-state index contributed by atoms with van der Waals surface area (Å²) in [4.78, 5) is 0. The molecule has 0 aromatic rings. The van der Waals surface area contributed by atoms with E-state index >= 15 is 0 Å². The summed E-state index contributed by atoms with van der Waals surface area (Å²) in [7, 11) is 0. The van der Waals surface area contributed by atoms with Gasteiger partial charge in [0.1, 0.15) is 6.17 Å². The van der Waals surface area contributed by atoms with E-state index in [-0.39, 0.29) is 0 Å². The number of hydrogen-bond acceptors (Lipinski definition) is 0. The van der Waals surface area contributed by atoms with Crippen LogP contribution in [0.5, 0.6) is 0 Å². The highest BCUT2D eigenvalue weighted by Crippen LogP contribution is 2.03. The van der Waals surface area contributed by atoms with E-state index in [2.05, 4.69) is 6.92 Å². The summed E-state index contributed by atoms with van der Waals surface area (Å²) in [6, 6.07) is 0. The number of halogens is 1. The minimum Gasteiger partial charge on any atom is -0.243 e. The lowest BCUT2D eigenvalue weighted by Gasteiger charge is -1.94. The van der Waals surface area contributed by atoms with E-state index in [0.29, 0.717) is 0 Å². The molecule has 0 fully saturated rings. The highest BCUT2D eigenvalue weighted by molar-refractivity contribution is 5.17. The number of alkyl halides is 1. The van der Waals surface area contributed by atoms with Gasteiger partial charge in [-0.3, -0.25) is 0 Å². The van der Waals surface area contributed by atoms with Crippen LogP contribution < -0.4 is 0 Å². The summed E-state index contributed by atoms with van der Waals surface area (Å²) in [5, 5.41) is 0. The Balaban J connectivity index is 3.86. The highest BCUT2D eigenvalue weighted by atomic mass is 19.1. The van der Waals surface area contributed by atoms with E-state index in [9.17, 15) is 4.39 Å². The molecule has 0 bridgehead atoms. The van der Waals surface area contributed by atoms with Gasteiger partial charge in [-0.2, -0.15) is 0 Å². The fraction of sp³-hybridized carbons (Fsp3) is 0.556. The van der Waals surface area contributed by atoms with E-state index in [0.717, 1.165) is 6.42 Å². The molecule has 0 nitrogen and oxygen atoms in total. The SMILES string of the molecule is CC=C(C=CC(C)F)CC. The summed E-state index contributed by atoms with van der Waals surface area (Å²) in [6.07, 6.45) is 5.55. The average Bonchev–Trinajstić information content (AvgIpc) is 1.90. The maximum atomic E-state index is 12.2. The lowest BCUT2D eigenvalue weighted by atomic mass is 10.2. The zero-order valence-electron chi connectivity index (χ0n) is 6.89. The lowest BCUT2D eigenvalue weighted by Crippen LogP contribution is -1.83. The third kappa shape index (κ3) is 4.30. The molecular formula is C9H15F. The molecule has 58 valence electrons. The first-order valence-electron chi connectivity index (χ1n) is 3.68. The largest absolute Gasteiger partial charge is 0.243 e. The van der Waals surface area contributed by atoms with Gasteiger partial charge >= 0.3 is 0 Å². The van der Waals surface area contributed by atoms with Crippen LogP contribution in [-0.4, -0.2) is 6.17 Å². The van der Waals surface area contributed by atoms with Crippen molar-refractivity contribution >= 4 is 0 Å². The molecule has 0 N–H and O–H groups in total. The number of allylic oxidation sites excluding steroid dienone is 4. The summed E-state index contributed by atoms with van der Waals surface area (Å²) in [5.41, 5.74) is 1.18. The molecule has 0 aliphatic rings. The molecule has 1 unspecified atom stereocenters. The molecule has 0 aromatic heterocycles. The lowest BCUT2D eigenvalue weighted by molar-refractivity contribution is 0.430. The van der Waals surface area contributed by atoms with Crippen molar-refractivity contribution in [2.75, 3.05) is 0 Å². The van der Waals surface area contributed by atoms with Crippen LogP contribution in [0.3, 0.4) is 0 Å². The molecule has 0 aliphatic heterocycles. The van der Waals surface area contributed by atoms with Gasteiger partial charge in [0.05, 0.1) is 0 Å². The summed E-state index contributed by atoms with van der Waals surface area (Å²) in [5.74, 6) is 0. The van der Waals surface area contributed by atoms with Crippen LogP contribution in [0.4, 0.5) is 4.39 Å². The van der Waals surface area contributed by atoms with Crippen LogP contribution in [0.1, 0.15) is 27.2 Å². The molecule has 10 heavy (non-hydrogen) atoms. The van der Waals surface area contributed by atoms with Gasteiger partial charge in [-0.15, -0.1) is 0 Å². The minimum absolute atomic E-state index is 0.832. The molecule has 0 aliphatic carbocycles. The maximum Gasteiger partial charge on any atom is 0.116 e. The van der Waals surface area contributed by atoms with Gasteiger partial charge in [-0.05, 0) is 20.3 Å². The van der Waals surface area contributed by atoms with Crippen molar-refractivity contribution in [2.45, 2.75) is 33.4 Å². The van der Waals surface area contributed by atoms with Crippen LogP contribution in [0.15, 0.2) is 23.8 Å². The smallest absolute Gasteiger partial charge is 0.116 e. The molecule has 0 rings (SSSR count). The summed E-state index contributed by atoms with van der Waals surface area (Å²) in [6.45, 7) is 5.55. The standard InChI is InChI=1S/C9H15F/c1-4-9(5-2)7-6-8(3)10/h4,6-8H,5H2,1-3H3. The van der Waals surface area contributed by atoms with Crippen molar-refractivity contribution in [1.29, 1.82) is 0 Å². The van der Waals surface area contributed by atoms with Crippen LogP contribution in [0.2, 0.25) is 0 Å². The second-order valence-electron chi connectivity index (χ2n) is 2.25. The van der Waals surface area contributed by atoms with E-state index in [1.807, 2.05) is 19.1 Å². The molecule has 1 atom stereocenters. The molecule has 0 spiro atoms. The third-order valence-electron chi connectivity index (χ3n) is 1.35. The van der Waals surface area contributed by atoms with Crippen LogP contribution >= 0.6 is 0 Å². The summed E-state index contributed by atoms with van der Waals surface area (Å²) < 4.78 is 12.2. The van der Waals surface area contributed by atoms with Crippen LogP contribution in [0, 0.1) is 0 Å². The fourth-order valence-electron chi connectivity index (χ4n) is 0.674. The molecule has 0 saturated carbocycles. The quantitative estimate of drug-likeness (QED) is 0.530. The second kappa shape index (κ2) is 5.21. The van der Waals surface area contributed by atoms with Gasteiger partial charge in [0, 0.05) is 0 Å². The first kappa shape index (κ1) is 9.41. The van der Waals surface area contributed by atoms with Crippen LogP contribution in [0.25, 0.3) is 0 Å². The van der Waals surface area contributed by atoms with Crippen molar-refractivity contribution in [3.05, 3.63) is 23.8 Å². The van der Waals surface area contributed by atoms with Gasteiger partial charge < -0.3 is 0 Å². The van der Waals surface area contributed by atoms with E-state index < -0.39 is 6.17 Å². The van der Waals surface area contributed by atoms with Crippen LogP contribution in [-0.2, 0) is 0 Å². The zero-order chi connectivity index (χ0) is 7.98. The van der Waals surface area contributed by atoms with E-state index in [1.54, 1.807) is 6.08 Å². The zero-order valence-corrected chi connectivity index (χ0v) is 6.89. The molecule has 1 heteroatoms. The Kier molecular flexibility index (Phi) is 4.91. The molecular weight excluding hydrogens is 127 g/mol. The average molecular weight is 142 g/mol. The Labute approximate surface area is 62.4 Å². The topological polar surface area (TPSA) is 0 Å². The van der Waals surface area contributed by atoms with Gasteiger partial charge in [0.2, 0.25) is 0 Å². The number of rotatable bonds is 3. The Morgan fingerprint density at radius 3 is 2.50 bits per heavy atom. The Bertz CT molecular complexity index is 132. The first-order chi connectivity index (χ1) is 4.70. The van der Waals surface area contributed by atoms with Crippen molar-refractivity contribution in [1.82, 2.24) is 0 Å². The van der Waals surface area contributed by atoms with Gasteiger partial charge in [-0.25, -0.2) is 4.39 Å². The molecule has 0 amide bonds. The first-order valence-corrected chi connectivity index (χ1v) is 3.68. The predicted octanol–water partition coefficient (Wildman–Crippen LogP) is 3.26. The van der Waals surface area contributed by atoms with Crippen molar-refractivity contribution < 1.29 is 4.39 Å². The molecule has 0 saturated heterocycles. The Morgan fingerprint density at radius 2 is 2.20 bits per heavy atom. The number of hydrogen-bond donors (Lipinski definition) is 0. The monoisotopic (exact) mass is 142 g/mol. The fourth-order valence-corrected chi connectivity index (χ4v) is 0.674. The van der Waals surface area contributed by atoms with E-state index in [1.165, 1.54) is 12.5 Å². The normalized spacial score (nSPS) is 16.2. The van der Waals surface area contributed by atoms with Gasteiger partial charge in [-0.1, -0.05) is 30.7 Å². The van der Waals surface area contributed by atoms with E-state index in [4.69, 9.17) is 0 Å². The van der Waals surface area contributed by atoms with Gasteiger partial charge in [0.25, 0.3) is 0 Å². The Morgan fingerprint density at radius 1 is 1.60 bits per heavy atom. The minimum atomic E-state index is -0.832. The second-order valence-corrected chi connectivity index (χ2v) is 2.25. The maximum absolute atomic E-state index is 12.2.